The SMILES string of the molecule is Cc1ccc(NC(=O)[C@H](C)Sc2nc(-c3ccccc3)cc(-c3ccccc3Cl)c2C#N)cc1C. The highest BCUT2D eigenvalue weighted by molar-refractivity contribution is 8.00. The van der Waals surface area contributed by atoms with Crippen LogP contribution in [0, 0.1) is 25.2 Å². The quantitative estimate of drug-likeness (QED) is 0.277. The van der Waals surface area contributed by atoms with Crippen molar-refractivity contribution < 1.29 is 4.79 Å². The number of carbonyl (C=O) groups excluding carboxylic acids is 1. The van der Waals surface area contributed by atoms with Crippen LogP contribution in [-0.2, 0) is 4.79 Å². The van der Waals surface area contributed by atoms with E-state index >= 15 is 0 Å². The number of anilines is 1. The summed E-state index contributed by atoms with van der Waals surface area (Å²) in [6, 6.07) is 27.2. The molecule has 35 heavy (non-hydrogen) atoms. The molecular weight excluding hydrogens is 474 g/mol. The van der Waals surface area contributed by atoms with E-state index in [0.717, 1.165) is 27.9 Å². The predicted octanol–water partition coefficient (Wildman–Crippen LogP) is 7.68. The van der Waals surface area contributed by atoms with Gasteiger partial charge in [-0.15, -0.1) is 0 Å². The van der Waals surface area contributed by atoms with Crippen molar-refractivity contribution in [2.75, 3.05) is 5.32 Å². The van der Waals surface area contributed by atoms with E-state index in [1.165, 1.54) is 11.8 Å². The minimum absolute atomic E-state index is 0.159. The molecule has 174 valence electrons. The van der Waals surface area contributed by atoms with Crippen molar-refractivity contribution in [2.45, 2.75) is 31.0 Å². The van der Waals surface area contributed by atoms with E-state index in [-0.39, 0.29) is 5.91 Å². The number of aromatic nitrogens is 1. The predicted molar refractivity (Wildman–Crippen MR) is 145 cm³/mol. The summed E-state index contributed by atoms with van der Waals surface area (Å²) in [6.07, 6.45) is 0. The minimum atomic E-state index is -0.485. The van der Waals surface area contributed by atoms with Crippen LogP contribution in [0.1, 0.15) is 23.6 Å². The summed E-state index contributed by atoms with van der Waals surface area (Å²) in [5.74, 6) is -0.159. The van der Waals surface area contributed by atoms with Crippen molar-refractivity contribution in [1.29, 1.82) is 5.26 Å². The lowest BCUT2D eigenvalue weighted by atomic mass is 9.99. The summed E-state index contributed by atoms with van der Waals surface area (Å²) >= 11 is 7.77. The number of carbonyl (C=O) groups is 1. The molecule has 1 heterocycles. The summed E-state index contributed by atoms with van der Waals surface area (Å²) in [6.45, 7) is 5.86. The molecule has 0 aliphatic rings. The topological polar surface area (TPSA) is 65.8 Å². The van der Waals surface area contributed by atoms with Crippen LogP contribution in [0.5, 0.6) is 0 Å². The number of hydrogen-bond donors (Lipinski definition) is 1. The zero-order valence-electron chi connectivity index (χ0n) is 19.7. The van der Waals surface area contributed by atoms with E-state index in [9.17, 15) is 10.1 Å². The van der Waals surface area contributed by atoms with Gasteiger partial charge in [-0.1, -0.05) is 78.0 Å². The first-order valence-electron chi connectivity index (χ1n) is 11.2. The molecule has 0 saturated carbocycles. The summed E-state index contributed by atoms with van der Waals surface area (Å²) in [4.78, 5) is 17.8. The number of thioether (sulfide) groups is 1. The minimum Gasteiger partial charge on any atom is -0.325 e. The van der Waals surface area contributed by atoms with Gasteiger partial charge in [0.15, 0.2) is 0 Å². The number of nitriles is 1. The Hall–Kier alpha value is -3.59. The first-order valence-corrected chi connectivity index (χ1v) is 12.4. The molecule has 3 aromatic carbocycles. The van der Waals surface area contributed by atoms with Crippen molar-refractivity contribution >= 4 is 35.0 Å². The maximum atomic E-state index is 13.0. The molecule has 0 radical (unpaired) electrons. The number of pyridine rings is 1. The van der Waals surface area contributed by atoms with Crippen LogP contribution in [0.4, 0.5) is 5.69 Å². The number of nitrogens with one attached hydrogen (secondary N) is 1. The van der Waals surface area contributed by atoms with Crippen molar-refractivity contribution in [2.24, 2.45) is 0 Å². The van der Waals surface area contributed by atoms with Gasteiger partial charge in [0.25, 0.3) is 0 Å². The molecule has 0 bridgehead atoms. The second kappa shape index (κ2) is 10.8. The maximum absolute atomic E-state index is 13.0. The number of nitrogens with zero attached hydrogens (tertiary/aromatic N) is 2. The number of aryl methyl sites for hydroxylation is 2. The summed E-state index contributed by atoms with van der Waals surface area (Å²) < 4.78 is 0. The summed E-state index contributed by atoms with van der Waals surface area (Å²) in [7, 11) is 0. The first kappa shape index (κ1) is 24.5. The van der Waals surface area contributed by atoms with E-state index in [2.05, 4.69) is 11.4 Å². The van der Waals surface area contributed by atoms with E-state index < -0.39 is 5.25 Å². The zero-order chi connectivity index (χ0) is 24.9. The second-order valence-corrected chi connectivity index (χ2v) is 9.98. The molecule has 0 saturated heterocycles. The van der Waals surface area contributed by atoms with Crippen LogP contribution in [-0.4, -0.2) is 16.1 Å². The fourth-order valence-electron chi connectivity index (χ4n) is 3.65. The largest absolute Gasteiger partial charge is 0.325 e. The molecule has 0 spiro atoms. The third kappa shape index (κ3) is 5.57. The van der Waals surface area contributed by atoms with Crippen LogP contribution in [0.25, 0.3) is 22.4 Å². The highest BCUT2D eigenvalue weighted by atomic mass is 35.5. The van der Waals surface area contributed by atoms with Gasteiger partial charge in [-0.05, 0) is 56.2 Å². The molecule has 1 N–H and O–H groups in total. The third-order valence-electron chi connectivity index (χ3n) is 5.76. The normalized spacial score (nSPS) is 11.5. The summed E-state index contributed by atoms with van der Waals surface area (Å²) in [5.41, 5.74) is 6.48. The number of halogens is 1. The van der Waals surface area contributed by atoms with Gasteiger partial charge in [-0.25, -0.2) is 4.98 Å². The average Bonchev–Trinajstić information content (AvgIpc) is 2.86. The molecule has 1 atom stereocenters. The molecule has 4 rings (SSSR count). The van der Waals surface area contributed by atoms with Gasteiger partial charge in [-0.3, -0.25) is 4.79 Å². The molecule has 0 aliphatic carbocycles. The Morgan fingerprint density at radius 1 is 0.971 bits per heavy atom. The maximum Gasteiger partial charge on any atom is 0.237 e. The van der Waals surface area contributed by atoms with Gasteiger partial charge in [0, 0.05) is 27.4 Å². The number of benzene rings is 3. The third-order valence-corrected chi connectivity index (χ3v) is 7.18. The van der Waals surface area contributed by atoms with Crippen molar-refractivity contribution in [1.82, 2.24) is 4.98 Å². The second-order valence-electron chi connectivity index (χ2n) is 8.24. The number of amides is 1. The summed E-state index contributed by atoms with van der Waals surface area (Å²) in [5, 5.41) is 13.6. The van der Waals surface area contributed by atoms with Crippen molar-refractivity contribution in [3.8, 4) is 28.5 Å². The Morgan fingerprint density at radius 3 is 2.37 bits per heavy atom. The monoisotopic (exact) mass is 497 g/mol. The van der Waals surface area contributed by atoms with E-state index in [0.29, 0.717) is 26.9 Å². The van der Waals surface area contributed by atoms with Gasteiger partial charge < -0.3 is 5.32 Å². The van der Waals surface area contributed by atoms with E-state index in [1.54, 1.807) is 6.07 Å². The van der Waals surface area contributed by atoms with Crippen molar-refractivity contribution in [3.63, 3.8) is 0 Å². The first-order chi connectivity index (χ1) is 16.9. The highest BCUT2D eigenvalue weighted by Gasteiger charge is 2.22. The fraction of sp³-hybridized carbons (Fsp3) is 0.138. The molecule has 0 aliphatic heterocycles. The Balaban J connectivity index is 1.73. The Kier molecular flexibility index (Phi) is 7.55. The van der Waals surface area contributed by atoms with Crippen LogP contribution in [0.2, 0.25) is 5.02 Å². The van der Waals surface area contributed by atoms with Gasteiger partial charge >= 0.3 is 0 Å². The van der Waals surface area contributed by atoms with Crippen LogP contribution in [0.15, 0.2) is 83.9 Å². The Morgan fingerprint density at radius 2 is 1.69 bits per heavy atom. The van der Waals surface area contributed by atoms with Crippen molar-refractivity contribution in [3.05, 3.63) is 101 Å². The Bertz CT molecular complexity index is 1430. The lowest BCUT2D eigenvalue weighted by molar-refractivity contribution is -0.115. The van der Waals surface area contributed by atoms with Crippen LogP contribution >= 0.6 is 23.4 Å². The lowest BCUT2D eigenvalue weighted by Gasteiger charge is -2.16. The Labute approximate surface area is 215 Å². The van der Waals surface area contributed by atoms with E-state index in [4.69, 9.17) is 16.6 Å². The molecule has 4 aromatic rings. The van der Waals surface area contributed by atoms with Gasteiger partial charge in [0.1, 0.15) is 11.1 Å². The van der Waals surface area contributed by atoms with Gasteiger partial charge in [0.05, 0.1) is 16.5 Å². The van der Waals surface area contributed by atoms with Gasteiger partial charge in [-0.2, -0.15) is 5.26 Å². The van der Waals surface area contributed by atoms with Crippen LogP contribution < -0.4 is 5.32 Å². The molecular formula is C29H24ClN3OS. The lowest BCUT2D eigenvalue weighted by Crippen LogP contribution is -2.22. The molecule has 0 unspecified atom stereocenters. The highest BCUT2D eigenvalue weighted by Crippen LogP contribution is 2.38. The molecule has 1 aromatic heterocycles. The number of rotatable bonds is 6. The average molecular weight is 498 g/mol. The van der Waals surface area contributed by atoms with Crippen LogP contribution in [0.3, 0.4) is 0 Å². The van der Waals surface area contributed by atoms with E-state index in [1.807, 2.05) is 93.6 Å². The molecule has 6 heteroatoms. The molecule has 0 fully saturated rings. The molecule has 4 nitrogen and oxygen atoms in total. The molecule has 1 amide bonds. The zero-order valence-corrected chi connectivity index (χ0v) is 21.2. The fourth-order valence-corrected chi connectivity index (χ4v) is 4.81. The smallest absolute Gasteiger partial charge is 0.237 e. The standard InChI is InChI=1S/C29H24ClN3OS/c1-18-13-14-22(15-19(18)2)32-28(34)20(3)35-29-25(17-31)24(23-11-7-8-12-26(23)30)16-27(33-29)21-9-5-4-6-10-21/h4-16,20H,1-3H3,(H,32,34)/t20-/m0/s1. The van der Waals surface area contributed by atoms with Gasteiger partial charge in [0.2, 0.25) is 5.91 Å². The number of hydrogen-bond acceptors (Lipinski definition) is 4.